The van der Waals surface area contributed by atoms with Crippen LogP contribution >= 0.6 is 11.6 Å². The first kappa shape index (κ1) is 13.1. The maximum Gasteiger partial charge on any atom is 0.322 e. The highest BCUT2D eigenvalue weighted by molar-refractivity contribution is 6.28. The molecule has 1 aromatic carbocycles. The summed E-state index contributed by atoms with van der Waals surface area (Å²) in [5, 5.41) is 0.141. The van der Waals surface area contributed by atoms with E-state index in [-0.39, 0.29) is 11.3 Å². The van der Waals surface area contributed by atoms with Crippen molar-refractivity contribution in [1.82, 2.24) is 15.0 Å². The zero-order valence-corrected chi connectivity index (χ0v) is 12.1. The largest absolute Gasteiger partial charge is 0.467 e. The van der Waals surface area contributed by atoms with E-state index in [1.165, 1.54) is 12.7 Å². The molecule has 20 heavy (non-hydrogen) atoms. The van der Waals surface area contributed by atoms with Crippen molar-refractivity contribution in [2.75, 3.05) is 12.0 Å². The predicted molar refractivity (Wildman–Crippen MR) is 77.8 cm³/mol. The standard InChI is InChI=1S/C14H15ClN4O/c1-9-7-8-10-5-3-4-6-11(10)19(9)13-16-12(15)17-14(18-13)20-2/h3-6,9H,7-8H2,1-2H3. The number of methoxy groups -OCH3 is 1. The zero-order chi connectivity index (χ0) is 14.1. The fraction of sp³-hybridized carbons (Fsp3) is 0.357. The van der Waals surface area contributed by atoms with E-state index in [9.17, 15) is 0 Å². The van der Waals surface area contributed by atoms with Crippen molar-refractivity contribution < 1.29 is 4.74 Å². The number of anilines is 2. The summed E-state index contributed by atoms with van der Waals surface area (Å²) in [5.41, 5.74) is 2.41. The summed E-state index contributed by atoms with van der Waals surface area (Å²) >= 11 is 5.95. The summed E-state index contributed by atoms with van der Waals surface area (Å²) in [6, 6.07) is 8.81. The number of fused-ring (bicyclic) bond motifs is 1. The van der Waals surface area contributed by atoms with E-state index in [0.717, 1.165) is 18.5 Å². The van der Waals surface area contributed by atoms with Gasteiger partial charge in [0, 0.05) is 11.7 Å². The van der Waals surface area contributed by atoms with Gasteiger partial charge in [-0.3, -0.25) is 0 Å². The zero-order valence-electron chi connectivity index (χ0n) is 11.4. The molecular formula is C14H15ClN4O. The number of hydrogen-bond donors (Lipinski definition) is 0. The smallest absolute Gasteiger partial charge is 0.322 e. The van der Waals surface area contributed by atoms with Crippen LogP contribution in [-0.4, -0.2) is 28.1 Å². The van der Waals surface area contributed by atoms with Crippen LogP contribution in [0.15, 0.2) is 24.3 Å². The van der Waals surface area contributed by atoms with E-state index in [1.54, 1.807) is 0 Å². The Morgan fingerprint density at radius 1 is 1.25 bits per heavy atom. The summed E-state index contributed by atoms with van der Waals surface area (Å²) in [4.78, 5) is 14.6. The molecule has 1 aromatic heterocycles. The van der Waals surface area contributed by atoms with Crippen molar-refractivity contribution in [3.8, 4) is 6.01 Å². The van der Waals surface area contributed by atoms with Gasteiger partial charge in [0.15, 0.2) is 0 Å². The van der Waals surface area contributed by atoms with E-state index in [1.807, 2.05) is 12.1 Å². The van der Waals surface area contributed by atoms with E-state index in [4.69, 9.17) is 16.3 Å². The summed E-state index contributed by atoms with van der Waals surface area (Å²) in [6.45, 7) is 2.15. The number of rotatable bonds is 2. The Hall–Kier alpha value is -1.88. The van der Waals surface area contributed by atoms with Crippen LogP contribution in [0.3, 0.4) is 0 Å². The lowest BCUT2D eigenvalue weighted by Crippen LogP contribution is -2.34. The van der Waals surface area contributed by atoms with Gasteiger partial charge in [0.2, 0.25) is 11.2 Å². The first-order valence-corrected chi connectivity index (χ1v) is 6.89. The average Bonchev–Trinajstić information content (AvgIpc) is 2.46. The molecule has 0 N–H and O–H groups in total. The molecule has 1 aliphatic heterocycles. The second kappa shape index (κ2) is 5.25. The number of nitrogens with zero attached hydrogens (tertiary/aromatic N) is 4. The van der Waals surface area contributed by atoms with Crippen molar-refractivity contribution >= 4 is 23.2 Å². The molecule has 0 fully saturated rings. The average molecular weight is 291 g/mol. The molecule has 0 radical (unpaired) electrons. The van der Waals surface area contributed by atoms with Gasteiger partial charge >= 0.3 is 6.01 Å². The number of aromatic nitrogens is 3. The molecule has 104 valence electrons. The van der Waals surface area contributed by atoms with Crippen LogP contribution in [0.5, 0.6) is 6.01 Å². The lowest BCUT2D eigenvalue weighted by Gasteiger charge is -2.35. The van der Waals surface area contributed by atoms with Crippen LogP contribution in [0.1, 0.15) is 18.9 Å². The lowest BCUT2D eigenvalue weighted by molar-refractivity contribution is 0.377. The van der Waals surface area contributed by atoms with Gasteiger partial charge in [0.05, 0.1) is 7.11 Å². The summed E-state index contributed by atoms with van der Waals surface area (Å²) in [6.07, 6.45) is 2.10. The third-order valence-electron chi connectivity index (χ3n) is 3.50. The molecule has 1 aliphatic rings. The highest BCUT2D eigenvalue weighted by Gasteiger charge is 2.26. The van der Waals surface area contributed by atoms with E-state index >= 15 is 0 Å². The van der Waals surface area contributed by atoms with Gasteiger partial charge in [-0.2, -0.15) is 15.0 Å². The highest BCUT2D eigenvalue weighted by Crippen LogP contribution is 2.35. The Balaban J connectivity index is 2.11. The third kappa shape index (κ3) is 2.29. The van der Waals surface area contributed by atoms with Gasteiger partial charge in [-0.1, -0.05) is 18.2 Å². The minimum Gasteiger partial charge on any atom is -0.467 e. The van der Waals surface area contributed by atoms with E-state index in [2.05, 4.69) is 38.9 Å². The minimum atomic E-state index is 0.141. The summed E-state index contributed by atoms with van der Waals surface area (Å²) in [5.74, 6) is 0.529. The molecule has 0 spiro atoms. The third-order valence-corrected chi connectivity index (χ3v) is 3.67. The van der Waals surface area contributed by atoms with Crippen LogP contribution in [0.4, 0.5) is 11.6 Å². The number of aryl methyl sites for hydroxylation is 1. The van der Waals surface area contributed by atoms with Gasteiger partial charge in [-0.25, -0.2) is 0 Å². The van der Waals surface area contributed by atoms with Crippen LogP contribution < -0.4 is 9.64 Å². The first-order chi connectivity index (χ1) is 9.69. The van der Waals surface area contributed by atoms with E-state index < -0.39 is 0 Å². The van der Waals surface area contributed by atoms with Crippen molar-refractivity contribution in [2.24, 2.45) is 0 Å². The Morgan fingerprint density at radius 2 is 2.05 bits per heavy atom. The summed E-state index contributed by atoms with van der Waals surface area (Å²) in [7, 11) is 1.52. The van der Waals surface area contributed by atoms with Crippen LogP contribution in [0.2, 0.25) is 5.28 Å². The molecule has 2 aromatic rings. The van der Waals surface area contributed by atoms with Gasteiger partial charge in [-0.15, -0.1) is 0 Å². The molecular weight excluding hydrogens is 276 g/mol. The Bertz CT molecular complexity index is 634. The molecule has 2 heterocycles. The number of para-hydroxylation sites is 1. The van der Waals surface area contributed by atoms with Crippen LogP contribution in [0, 0.1) is 0 Å². The van der Waals surface area contributed by atoms with Crippen molar-refractivity contribution in [3.05, 3.63) is 35.1 Å². The first-order valence-electron chi connectivity index (χ1n) is 6.51. The Morgan fingerprint density at radius 3 is 2.85 bits per heavy atom. The fourth-order valence-corrected chi connectivity index (χ4v) is 2.66. The number of ether oxygens (including phenoxy) is 1. The molecule has 5 nitrogen and oxygen atoms in total. The van der Waals surface area contributed by atoms with Crippen LogP contribution in [-0.2, 0) is 6.42 Å². The molecule has 1 unspecified atom stereocenters. The van der Waals surface area contributed by atoms with Crippen molar-refractivity contribution in [1.29, 1.82) is 0 Å². The maximum absolute atomic E-state index is 5.95. The van der Waals surface area contributed by atoms with Gasteiger partial charge < -0.3 is 9.64 Å². The van der Waals surface area contributed by atoms with Gasteiger partial charge in [0.1, 0.15) is 0 Å². The number of hydrogen-bond acceptors (Lipinski definition) is 5. The van der Waals surface area contributed by atoms with Gasteiger partial charge in [-0.05, 0) is 43.0 Å². The van der Waals surface area contributed by atoms with Gasteiger partial charge in [0.25, 0.3) is 0 Å². The Labute approximate surface area is 122 Å². The fourth-order valence-electron chi connectivity index (χ4n) is 2.51. The normalized spacial score (nSPS) is 17.8. The number of halogens is 1. The molecule has 6 heteroatoms. The molecule has 0 saturated heterocycles. The molecule has 3 rings (SSSR count). The molecule has 0 aliphatic carbocycles. The molecule has 0 saturated carbocycles. The Kier molecular flexibility index (Phi) is 3.44. The quantitative estimate of drug-likeness (QED) is 0.851. The van der Waals surface area contributed by atoms with Crippen LogP contribution in [0.25, 0.3) is 0 Å². The number of benzene rings is 1. The SMILES string of the molecule is COc1nc(Cl)nc(N2c3ccccc3CCC2C)n1. The topological polar surface area (TPSA) is 51.1 Å². The summed E-state index contributed by atoms with van der Waals surface area (Å²) < 4.78 is 5.08. The highest BCUT2D eigenvalue weighted by atomic mass is 35.5. The second-order valence-corrected chi connectivity index (χ2v) is 5.12. The maximum atomic E-state index is 5.95. The van der Waals surface area contributed by atoms with E-state index in [0.29, 0.717) is 12.0 Å². The van der Waals surface area contributed by atoms with Crippen molar-refractivity contribution in [3.63, 3.8) is 0 Å². The molecule has 0 amide bonds. The lowest BCUT2D eigenvalue weighted by atomic mass is 9.97. The molecule has 0 bridgehead atoms. The molecule has 1 atom stereocenters. The van der Waals surface area contributed by atoms with Crippen molar-refractivity contribution in [2.45, 2.75) is 25.8 Å². The minimum absolute atomic E-state index is 0.141. The monoisotopic (exact) mass is 290 g/mol. The second-order valence-electron chi connectivity index (χ2n) is 4.78. The predicted octanol–water partition coefficient (Wildman–Crippen LogP) is 3.01.